The Kier molecular flexibility index (Phi) is 2.48. The third kappa shape index (κ3) is 1.85. The molecule has 1 heterocycles. The molecule has 0 amide bonds. The Morgan fingerprint density at radius 1 is 1.07 bits per heavy atom. The van der Waals surface area contributed by atoms with Crippen molar-refractivity contribution >= 4 is 7.12 Å². The van der Waals surface area contributed by atoms with Crippen LogP contribution in [0.4, 0.5) is 0 Å². The summed E-state index contributed by atoms with van der Waals surface area (Å²) in [4.78, 5) is 0. The molecule has 1 saturated heterocycles. The van der Waals surface area contributed by atoms with Crippen LogP contribution in [0.5, 0.6) is 0 Å². The maximum absolute atomic E-state index is 6.05. The van der Waals surface area contributed by atoms with Gasteiger partial charge in [-0.3, -0.25) is 0 Å². The van der Waals surface area contributed by atoms with Crippen LogP contribution < -0.4 is 0 Å². The molecule has 2 aliphatic rings. The van der Waals surface area contributed by atoms with Gasteiger partial charge in [0.1, 0.15) is 0 Å². The third-order valence-corrected chi connectivity index (χ3v) is 4.37. The van der Waals surface area contributed by atoms with Crippen molar-refractivity contribution in [1.82, 2.24) is 0 Å². The lowest BCUT2D eigenvalue weighted by Gasteiger charge is -2.32. The Balaban J connectivity index is 2.00. The molecule has 0 aromatic rings. The fourth-order valence-electron chi connectivity index (χ4n) is 2.38. The fraction of sp³-hybridized carbons (Fsp3) is 1.00. The van der Waals surface area contributed by atoms with E-state index in [4.69, 9.17) is 9.31 Å². The van der Waals surface area contributed by atoms with E-state index in [0.717, 1.165) is 11.8 Å². The van der Waals surface area contributed by atoms with E-state index >= 15 is 0 Å². The SMILES string of the molecule is CC(C)C1CC1B1OC(C)(C)C(C)(C)O1. The lowest BCUT2D eigenvalue weighted by atomic mass is 9.79. The number of rotatable bonds is 2. The molecule has 1 saturated carbocycles. The van der Waals surface area contributed by atoms with Gasteiger partial charge in [0.15, 0.2) is 0 Å². The van der Waals surface area contributed by atoms with Gasteiger partial charge >= 0.3 is 7.12 Å². The molecule has 0 aromatic heterocycles. The van der Waals surface area contributed by atoms with E-state index in [2.05, 4.69) is 41.5 Å². The highest BCUT2D eigenvalue weighted by Gasteiger charge is 2.59. The first kappa shape index (κ1) is 11.5. The van der Waals surface area contributed by atoms with Crippen molar-refractivity contribution in [2.45, 2.75) is 65.0 Å². The summed E-state index contributed by atoms with van der Waals surface area (Å²) in [5.74, 6) is 2.19. The van der Waals surface area contributed by atoms with E-state index in [-0.39, 0.29) is 18.3 Å². The monoisotopic (exact) mass is 210 g/mol. The molecule has 0 bridgehead atoms. The summed E-state index contributed by atoms with van der Waals surface area (Å²) in [5.41, 5.74) is -0.330. The molecule has 86 valence electrons. The molecule has 2 atom stereocenters. The molecular formula is C12H23BO2. The predicted octanol–water partition coefficient (Wildman–Crippen LogP) is 3.12. The molecular weight excluding hydrogens is 187 g/mol. The quantitative estimate of drug-likeness (QED) is 0.652. The van der Waals surface area contributed by atoms with Gasteiger partial charge in [-0.25, -0.2) is 0 Å². The van der Waals surface area contributed by atoms with E-state index in [0.29, 0.717) is 5.82 Å². The van der Waals surface area contributed by atoms with Crippen LogP contribution >= 0.6 is 0 Å². The Bertz CT molecular complexity index is 244. The smallest absolute Gasteiger partial charge is 0.403 e. The minimum absolute atomic E-state index is 0.0300. The first-order valence-corrected chi connectivity index (χ1v) is 6.10. The van der Waals surface area contributed by atoms with E-state index in [1.165, 1.54) is 6.42 Å². The Morgan fingerprint density at radius 3 is 1.87 bits per heavy atom. The highest BCUT2D eigenvalue weighted by molar-refractivity contribution is 6.48. The average molecular weight is 210 g/mol. The normalized spacial score (nSPS) is 37.4. The zero-order valence-electron chi connectivity index (χ0n) is 10.8. The minimum atomic E-state index is -0.165. The third-order valence-electron chi connectivity index (χ3n) is 4.37. The van der Waals surface area contributed by atoms with Gasteiger partial charge < -0.3 is 9.31 Å². The molecule has 2 rings (SSSR count). The van der Waals surface area contributed by atoms with Gasteiger partial charge in [-0.1, -0.05) is 13.8 Å². The summed E-state index contributed by atoms with van der Waals surface area (Å²) >= 11 is 0. The zero-order valence-corrected chi connectivity index (χ0v) is 10.8. The second kappa shape index (κ2) is 3.24. The molecule has 2 fully saturated rings. The van der Waals surface area contributed by atoms with Gasteiger partial charge in [0, 0.05) is 0 Å². The predicted molar refractivity (Wildman–Crippen MR) is 62.8 cm³/mol. The molecule has 2 nitrogen and oxygen atoms in total. The molecule has 1 aliphatic heterocycles. The van der Waals surface area contributed by atoms with Crippen molar-refractivity contribution in [3.63, 3.8) is 0 Å². The van der Waals surface area contributed by atoms with Crippen molar-refractivity contribution < 1.29 is 9.31 Å². The summed E-state index contributed by atoms with van der Waals surface area (Å²) in [6, 6.07) is 0. The van der Waals surface area contributed by atoms with E-state index < -0.39 is 0 Å². The minimum Gasteiger partial charge on any atom is -0.403 e. The number of hydrogen-bond acceptors (Lipinski definition) is 2. The van der Waals surface area contributed by atoms with Gasteiger partial charge in [0.25, 0.3) is 0 Å². The van der Waals surface area contributed by atoms with Crippen LogP contribution in [0.3, 0.4) is 0 Å². The highest BCUT2D eigenvalue weighted by atomic mass is 16.7. The van der Waals surface area contributed by atoms with E-state index in [1.54, 1.807) is 0 Å². The summed E-state index contributed by atoms with van der Waals surface area (Å²) < 4.78 is 12.1. The lowest BCUT2D eigenvalue weighted by Crippen LogP contribution is -2.41. The van der Waals surface area contributed by atoms with Crippen molar-refractivity contribution in [2.24, 2.45) is 11.8 Å². The van der Waals surface area contributed by atoms with Crippen LogP contribution in [-0.2, 0) is 9.31 Å². The number of hydrogen-bond donors (Lipinski definition) is 0. The highest BCUT2D eigenvalue weighted by Crippen LogP contribution is 2.55. The average Bonchev–Trinajstić information content (AvgIpc) is 2.75. The Morgan fingerprint density at radius 2 is 1.53 bits per heavy atom. The van der Waals surface area contributed by atoms with Crippen LogP contribution in [0.1, 0.15) is 48.0 Å². The largest absolute Gasteiger partial charge is 0.461 e. The van der Waals surface area contributed by atoms with Gasteiger partial charge in [0.2, 0.25) is 0 Å². The Labute approximate surface area is 93.9 Å². The summed E-state index contributed by atoms with van der Waals surface area (Å²) in [7, 11) is 0.0300. The van der Waals surface area contributed by atoms with Crippen LogP contribution in [0.2, 0.25) is 5.82 Å². The molecule has 1 aliphatic carbocycles. The molecule has 3 heteroatoms. The van der Waals surface area contributed by atoms with Gasteiger partial charge in [0.05, 0.1) is 11.2 Å². The second-order valence-corrected chi connectivity index (χ2v) is 6.43. The van der Waals surface area contributed by atoms with Gasteiger partial charge in [-0.15, -0.1) is 0 Å². The molecule has 15 heavy (non-hydrogen) atoms. The van der Waals surface area contributed by atoms with Crippen molar-refractivity contribution in [1.29, 1.82) is 0 Å². The molecule has 2 unspecified atom stereocenters. The molecule has 0 radical (unpaired) electrons. The molecule has 0 N–H and O–H groups in total. The zero-order chi connectivity index (χ0) is 11.4. The maximum Gasteiger partial charge on any atom is 0.461 e. The van der Waals surface area contributed by atoms with E-state index in [1.807, 2.05) is 0 Å². The molecule has 0 spiro atoms. The summed E-state index contributed by atoms with van der Waals surface area (Å²) in [6.45, 7) is 13.1. The van der Waals surface area contributed by atoms with Crippen LogP contribution in [0, 0.1) is 11.8 Å². The fourth-order valence-corrected chi connectivity index (χ4v) is 2.38. The first-order valence-electron chi connectivity index (χ1n) is 6.10. The first-order chi connectivity index (χ1) is 6.74. The molecule has 0 aromatic carbocycles. The summed E-state index contributed by atoms with van der Waals surface area (Å²) in [6.07, 6.45) is 1.27. The van der Waals surface area contributed by atoms with E-state index in [9.17, 15) is 0 Å². The van der Waals surface area contributed by atoms with Gasteiger partial charge in [-0.05, 0) is 51.8 Å². The van der Waals surface area contributed by atoms with Crippen LogP contribution in [-0.4, -0.2) is 18.3 Å². The summed E-state index contributed by atoms with van der Waals surface area (Å²) in [5, 5.41) is 0. The van der Waals surface area contributed by atoms with Crippen LogP contribution in [0.25, 0.3) is 0 Å². The van der Waals surface area contributed by atoms with Gasteiger partial charge in [-0.2, -0.15) is 0 Å². The van der Waals surface area contributed by atoms with Crippen molar-refractivity contribution in [3.05, 3.63) is 0 Å². The second-order valence-electron chi connectivity index (χ2n) is 6.43. The Hall–Kier alpha value is -0.0151. The topological polar surface area (TPSA) is 18.5 Å². The standard InChI is InChI=1S/C12H23BO2/c1-8(2)9-7-10(9)13-14-11(3,4)12(5,6)15-13/h8-10H,7H2,1-6H3. The van der Waals surface area contributed by atoms with Crippen molar-refractivity contribution in [3.8, 4) is 0 Å². The van der Waals surface area contributed by atoms with Crippen LogP contribution in [0.15, 0.2) is 0 Å². The van der Waals surface area contributed by atoms with Crippen molar-refractivity contribution in [2.75, 3.05) is 0 Å². The maximum atomic E-state index is 6.05. The lowest BCUT2D eigenvalue weighted by molar-refractivity contribution is 0.00578.